The van der Waals surface area contributed by atoms with E-state index in [0.29, 0.717) is 0 Å². The summed E-state index contributed by atoms with van der Waals surface area (Å²) < 4.78 is 0. The second-order valence-electron chi connectivity index (χ2n) is 5.26. The molecule has 2 atom stereocenters. The largest absolute Gasteiger partial charge is 0.392 e. The van der Waals surface area contributed by atoms with Crippen molar-refractivity contribution in [3.63, 3.8) is 0 Å². The van der Waals surface area contributed by atoms with Crippen LogP contribution in [0.3, 0.4) is 0 Å². The summed E-state index contributed by atoms with van der Waals surface area (Å²) in [6, 6.07) is 0. The number of aliphatic hydroxyl groups excluding tert-OH is 1. The Hall–Kier alpha value is -0.300. The quantitative estimate of drug-likeness (QED) is 0.394. The molecule has 0 aliphatic heterocycles. The first-order valence-corrected chi connectivity index (χ1v) is 7.48. The van der Waals surface area contributed by atoms with E-state index in [9.17, 15) is 5.11 Å². The number of rotatable bonds is 11. The van der Waals surface area contributed by atoms with E-state index < -0.39 is 0 Å². The highest BCUT2D eigenvalue weighted by Gasteiger charge is 2.31. The first-order chi connectivity index (χ1) is 8.16. The SMILES string of the molecule is C=C[C@@](CC)(CCCCCC)[C@@H](O)CCCC. The third-order valence-corrected chi connectivity index (χ3v) is 4.06. The third-order valence-electron chi connectivity index (χ3n) is 4.06. The van der Waals surface area contributed by atoms with E-state index in [1.54, 1.807) is 0 Å². The topological polar surface area (TPSA) is 20.2 Å². The van der Waals surface area contributed by atoms with Crippen LogP contribution in [0, 0.1) is 5.41 Å². The highest BCUT2D eigenvalue weighted by Crippen LogP contribution is 2.36. The Bertz CT molecular complexity index is 188. The van der Waals surface area contributed by atoms with E-state index in [0.717, 1.165) is 32.1 Å². The number of hydrogen-bond donors (Lipinski definition) is 1. The van der Waals surface area contributed by atoms with Gasteiger partial charge in [-0.25, -0.2) is 0 Å². The van der Waals surface area contributed by atoms with Crippen LogP contribution in [0.2, 0.25) is 0 Å². The van der Waals surface area contributed by atoms with Gasteiger partial charge in [-0.2, -0.15) is 0 Å². The maximum atomic E-state index is 10.4. The van der Waals surface area contributed by atoms with Gasteiger partial charge in [0.15, 0.2) is 0 Å². The highest BCUT2D eigenvalue weighted by atomic mass is 16.3. The molecule has 0 rings (SSSR count). The molecule has 17 heavy (non-hydrogen) atoms. The molecule has 0 radical (unpaired) electrons. The molecular weight excluding hydrogens is 208 g/mol. The molecule has 0 spiro atoms. The molecule has 0 saturated carbocycles. The van der Waals surface area contributed by atoms with E-state index in [2.05, 4.69) is 27.4 Å². The van der Waals surface area contributed by atoms with Gasteiger partial charge in [-0.15, -0.1) is 6.58 Å². The normalized spacial score (nSPS) is 16.5. The summed E-state index contributed by atoms with van der Waals surface area (Å²) in [6.07, 6.45) is 12.2. The van der Waals surface area contributed by atoms with E-state index in [1.807, 2.05) is 6.08 Å². The van der Waals surface area contributed by atoms with Crippen molar-refractivity contribution in [2.45, 2.75) is 84.7 Å². The van der Waals surface area contributed by atoms with Gasteiger partial charge in [-0.3, -0.25) is 0 Å². The lowest BCUT2D eigenvalue weighted by Gasteiger charge is -2.35. The van der Waals surface area contributed by atoms with Crippen LogP contribution in [0.15, 0.2) is 12.7 Å². The van der Waals surface area contributed by atoms with Crippen molar-refractivity contribution in [2.75, 3.05) is 0 Å². The second-order valence-corrected chi connectivity index (χ2v) is 5.26. The van der Waals surface area contributed by atoms with E-state index in [-0.39, 0.29) is 11.5 Å². The molecule has 0 aromatic rings. The lowest BCUT2D eigenvalue weighted by Crippen LogP contribution is -2.32. The molecule has 0 aromatic carbocycles. The number of aliphatic hydroxyl groups is 1. The first-order valence-electron chi connectivity index (χ1n) is 7.48. The molecule has 0 aliphatic carbocycles. The molecule has 1 heteroatoms. The second kappa shape index (κ2) is 9.70. The fourth-order valence-electron chi connectivity index (χ4n) is 2.53. The average molecular weight is 240 g/mol. The number of hydrogen-bond acceptors (Lipinski definition) is 1. The Balaban J connectivity index is 4.27. The standard InChI is InChI=1S/C16H32O/c1-5-9-11-12-14-16(7-3,8-4)15(17)13-10-6-2/h7,15,17H,3,5-6,8-14H2,1-2,4H3/t15-,16+/m0/s1. The van der Waals surface area contributed by atoms with Crippen LogP contribution >= 0.6 is 0 Å². The van der Waals surface area contributed by atoms with Crippen molar-refractivity contribution in [3.8, 4) is 0 Å². The summed E-state index contributed by atoms with van der Waals surface area (Å²) in [7, 11) is 0. The fourth-order valence-corrected chi connectivity index (χ4v) is 2.53. The molecular formula is C16H32O. The van der Waals surface area contributed by atoms with Gasteiger partial charge in [0, 0.05) is 5.41 Å². The van der Waals surface area contributed by atoms with Gasteiger partial charge in [0.2, 0.25) is 0 Å². The van der Waals surface area contributed by atoms with Crippen LogP contribution in [-0.4, -0.2) is 11.2 Å². The zero-order valence-electron chi connectivity index (χ0n) is 12.2. The smallest absolute Gasteiger partial charge is 0.0630 e. The van der Waals surface area contributed by atoms with Crippen molar-refractivity contribution < 1.29 is 5.11 Å². The Morgan fingerprint density at radius 1 is 1.06 bits per heavy atom. The zero-order chi connectivity index (χ0) is 13.1. The Kier molecular flexibility index (Phi) is 9.53. The van der Waals surface area contributed by atoms with Gasteiger partial charge in [0.1, 0.15) is 0 Å². The molecule has 0 bridgehead atoms. The maximum Gasteiger partial charge on any atom is 0.0630 e. The molecule has 0 saturated heterocycles. The van der Waals surface area contributed by atoms with Crippen molar-refractivity contribution in [1.29, 1.82) is 0 Å². The molecule has 1 nitrogen and oxygen atoms in total. The Morgan fingerprint density at radius 2 is 1.71 bits per heavy atom. The van der Waals surface area contributed by atoms with Crippen LogP contribution in [0.4, 0.5) is 0 Å². The van der Waals surface area contributed by atoms with E-state index in [1.165, 1.54) is 25.7 Å². The molecule has 0 aromatic heterocycles. The predicted octanol–water partition coefficient (Wildman–Crippen LogP) is 5.09. The van der Waals surface area contributed by atoms with Gasteiger partial charge < -0.3 is 5.11 Å². The van der Waals surface area contributed by atoms with E-state index in [4.69, 9.17) is 0 Å². The Morgan fingerprint density at radius 3 is 2.18 bits per heavy atom. The summed E-state index contributed by atoms with van der Waals surface area (Å²) >= 11 is 0. The molecule has 0 aliphatic rings. The van der Waals surface area contributed by atoms with Gasteiger partial charge in [-0.1, -0.05) is 65.4 Å². The van der Waals surface area contributed by atoms with Gasteiger partial charge in [0.25, 0.3) is 0 Å². The lowest BCUT2D eigenvalue weighted by molar-refractivity contribution is 0.0388. The summed E-state index contributed by atoms with van der Waals surface area (Å²) in [4.78, 5) is 0. The summed E-state index contributed by atoms with van der Waals surface area (Å²) in [6.45, 7) is 10.6. The molecule has 1 N–H and O–H groups in total. The van der Waals surface area contributed by atoms with Crippen molar-refractivity contribution >= 4 is 0 Å². The van der Waals surface area contributed by atoms with Gasteiger partial charge in [0.05, 0.1) is 6.10 Å². The Labute approximate surface area is 108 Å². The average Bonchev–Trinajstić information content (AvgIpc) is 2.37. The van der Waals surface area contributed by atoms with Crippen molar-refractivity contribution in [1.82, 2.24) is 0 Å². The molecule has 0 amide bonds. The van der Waals surface area contributed by atoms with Crippen molar-refractivity contribution in [2.24, 2.45) is 5.41 Å². The minimum Gasteiger partial charge on any atom is -0.392 e. The summed E-state index contributed by atoms with van der Waals surface area (Å²) in [5.74, 6) is 0. The minimum absolute atomic E-state index is 0.0388. The maximum absolute atomic E-state index is 10.4. The summed E-state index contributed by atoms with van der Waals surface area (Å²) in [5, 5.41) is 10.4. The first kappa shape index (κ1) is 16.7. The van der Waals surface area contributed by atoms with Crippen LogP contribution in [-0.2, 0) is 0 Å². The molecule has 0 heterocycles. The van der Waals surface area contributed by atoms with Crippen LogP contribution in [0.5, 0.6) is 0 Å². The van der Waals surface area contributed by atoms with Crippen LogP contribution < -0.4 is 0 Å². The predicted molar refractivity (Wildman–Crippen MR) is 77.2 cm³/mol. The molecule has 102 valence electrons. The molecule has 0 unspecified atom stereocenters. The van der Waals surface area contributed by atoms with Crippen LogP contribution in [0.25, 0.3) is 0 Å². The third kappa shape index (κ3) is 5.72. The summed E-state index contributed by atoms with van der Waals surface area (Å²) in [5.41, 5.74) is -0.0388. The molecule has 0 fully saturated rings. The number of unbranched alkanes of at least 4 members (excludes halogenated alkanes) is 4. The van der Waals surface area contributed by atoms with Crippen molar-refractivity contribution in [3.05, 3.63) is 12.7 Å². The fraction of sp³-hybridized carbons (Fsp3) is 0.875. The zero-order valence-corrected chi connectivity index (χ0v) is 12.2. The highest BCUT2D eigenvalue weighted by molar-refractivity contribution is 4.99. The monoisotopic (exact) mass is 240 g/mol. The van der Waals surface area contributed by atoms with Gasteiger partial charge in [-0.05, 0) is 19.3 Å². The van der Waals surface area contributed by atoms with E-state index >= 15 is 0 Å². The lowest BCUT2D eigenvalue weighted by atomic mass is 9.74. The van der Waals surface area contributed by atoms with Crippen LogP contribution in [0.1, 0.15) is 78.6 Å². The van der Waals surface area contributed by atoms with Gasteiger partial charge >= 0.3 is 0 Å². The minimum atomic E-state index is -0.202.